The Morgan fingerprint density at radius 1 is 0.629 bits per heavy atom. The molecule has 0 heterocycles. The number of hydrogen-bond acceptors (Lipinski definition) is 5. The molecular weight excluding hydrogens is 440 g/mol. The molecule has 2 aromatic carbocycles. The van der Waals surface area contributed by atoms with Gasteiger partial charge in [-0.15, -0.1) is 0 Å². The second-order valence-corrected chi connectivity index (χ2v) is 8.28. The number of ether oxygens (including phenoxy) is 5. The van der Waals surface area contributed by atoms with Crippen molar-refractivity contribution < 1.29 is 23.7 Å². The zero-order valence-electron chi connectivity index (χ0n) is 22.1. The van der Waals surface area contributed by atoms with Crippen molar-refractivity contribution in [3.63, 3.8) is 0 Å². The maximum Gasteiger partial charge on any atom is 0.203 e. The lowest BCUT2D eigenvalue weighted by Crippen LogP contribution is -2.06. The predicted octanol–water partition coefficient (Wildman–Crippen LogP) is 7.97. The summed E-state index contributed by atoms with van der Waals surface area (Å²) >= 11 is 0. The molecule has 0 fully saturated rings. The third-order valence-corrected chi connectivity index (χ3v) is 5.41. The zero-order valence-corrected chi connectivity index (χ0v) is 22.1. The molecule has 0 saturated heterocycles. The first-order valence-corrected chi connectivity index (χ1v) is 12.8. The molecule has 0 unspecified atom stereocenters. The molecule has 0 radical (unpaired) electrons. The number of hydrogen-bond donors (Lipinski definition) is 0. The van der Waals surface area contributed by atoms with Gasteiger partial charge in [0.15, 0.2) is 11.5 Å². The number of allylic oxidation sites excluding steroid dienone is 2. The van der Waals surface area contributed by atoms with E-state index in [0.29, 0.717) is 25.6 Å². The second kappa shape index (κ2) is 16.5. The Bertz CT molecular complexity index is 901. The number of benzene rings is 2. The molecular formula is C30H42O5. The average Bonchev–Trinajstić information content (AvgIpc) is 2.88. The lowest BCUT2D eigenvalue weighted by atomic mass is 10.1. The third-order valence-electron chi connectivity index (χ3n) is 5.41. The SMILES string of the molecule is CCCCOc1cc(/C=C/C=C/c2ccc(OC)cc2OC)cc(OCCCC)c1OCCCC. The minimum atomic E-state index is 0.645. The van der Waals surface area contributed by atoms with Crippen LogP contribution in [0.15, 0.2) is 42.5 Å². The Balaban J connectivity index is 2.29. The lowest BCUT2D eigenvalue weighted by Gasteiger charge is -2.18. The summed E-state index contributed by atoms with van der Waals surface area (Å²) in [5.74, 6) is 3.72. The van der Waals surface area contributed by atoms with Gasteiger partial charge in [-0.05, 0) is 49.1 Å². The Kier molecular flexibility index (Phi) is 13.3. The molecule has 35 heavy (non-hydrogen) atoms. The molecule has 0 spiro atoms. The molecule has 192 valence electrons. The van der Waals surface area contributed by atoms with Crippen molar-refractivity contribution in [2.45, 2.75) is 59.3 Å². The highest BCUT2D eigenvalue weighted by Gasteiger charge is 2.15. The minimum Gasteiger partial charge on any atom is -0.497 e. The van der Waals surface area contributed by atoms with Crippen LogP contribution in [0.25, 0.3) is 12.2 Å². The molecule has 0 amide bonds. The van der Waals surface area contributed by atoms with Crippen molar-refractivity contribution in [3.05, 3.63) is 53.6 Å². The summed E-state index contributed by atoms with van der Waals surface area (Å²) in [5.41, 5.74) is 1.97. The normalized spacial score (nSPS) is 11.2. The summed E-state index contributed by atoms with van der Waals surface area (Å²) in [7, 11) is 3.31. The molecule has 0 aromatic heterocycles. The maximum absolute atomic E-state index is 6.14. The van der Waals surface area contributed by atoms with Crippen molar-refractivity contribution in [2.24, 2.45) is 0 Å². The Morgan fingerprint density at radius 2 is 1.20 bits per heavy atom. The van der Waals surface area contributed by atoms with Gasteiger partial charge in [0.2, 0.25) is 5.75 Å². The van der Waals surface area contributed by atoms with E-state index in [1.54, 1.807) is 14.2 Å². The quantitative estimate of drug-likeness (QED) is 0.169. The summed E-state index contributed by atoms with van der Waals surface area (Å²) in [6, 6.07) is 9.83. The van der Waals surface area contributed by atoms with Crippen LogP contribution in [0.4, 0.5) is 0 Å². The van der Waals surface area contributed by atoms with E-state index in [2.05, 4.69) is 20.8 Å². The number of unbranched alkanes of at least 4 members (excludes halogenated alkanes) is 3. The molecule has 0 atom stereocenters. The van der Waals surface area contributed by atoms with Gasteiger partial charge in [0.25, 0.3) is 0 Å². The van der Waals surface area contributed by atoms with E-state index >= 15 is 0 Å². The Labute approximate surface area is 211 Å². The first kappa shape index (κ1) is 28.2. The molecule has 2 aromatic rings. The lowest BCUT2D eigenvalue weighted by molar-refractivity contribution is 0.237. The summed E-state index contributed by atoms with van der Waals surface area (Å²) in [6.07, 6.45) is 14.2. The van der Waals surface area contributed by atoms with E-state index in [1.807, 2.05) is 54.6 Å². The van der Waals surface area contributed by atoms with E-state index in [1.165, 1.54) is 0 Å². The highest BCUT2D eigenvalue weighted by Crippen LogP contribution is 2.40. The van der Waals surface area contributed by atoms with Crippen LogP contribution in [0.5, 0.6) is 28.7 Å². The van der Waals surface area contributed by atoms with Gasteiger partial charge in [-0.25, -0.2) is 0 Å². The minimum absolute atomic E-state index is 0.645. The van der Waals surface area contributed by atoms with Gasteiger partial charge >= 0.3 is 0 Å². The molecule has 0 aliphatic rings. The van der Waals surface area contributed by atoms with E-state index in [9.17, 15) is 0 Å². The van der Waals surface area contributed by atoms with Crippen molar-refractivity contribution >= 4 is 12.2 Å². The fourth-order valence-corrected chi connectivity index (χ4v) is 3.30. The summed E-state index contributed by atoms with van der Waals surface area (Å²) in [5, 5.41) is 0. The van der Waals surface area contributed by atoms with Crippen LogP contribution in [0.3, 0.4) is 0 Å². The smallest absolute Gasteiger partial charge is 0.203 e. The first-order valence-electron chi connectivity index (χ1n) is 12.8. The molecule has 5 heteroatoms. The van der Waals surface area contributed by atoms with Gasteiger partial charge < -0.3 is 23.7 Å². The fraction of sp³-hybridized carbons (Fsp3) is 0.467. The van der Waals surface area contributed by atoms with Crippen molar-refractivity contribution in [3.8, 4) is 28.7 Å². The van der Waals surface area contributed by atoms with Crippen molar-refractivity contribution in [1.29, 1.82) is 0 Å². The van der Waals surface area contributed by atoms with Gasteiger partial charge in [0.05, 0.1) is 34.0 Å². The van der Waals surface area contributed by atoms with Crippen LogP contribution in [0.2, 0.25) is 0 Å². The van der Waals surface area contributed by atoms with Gasteiger partial charge in [-0.3, -0.25) is 0 Å². The van der Waals surface area contributed by atoms with Crippen LogP contribution < -0.4 is 23.7 Å². The summed E-state index contributed by atoms with van der Waals surface area (Å²) in [4.78, 5) is 0. The van der Waals surface area contributed by atoms with Crippen LogP contribution in [-0.2, 0) is 0 Å². The average molecular weight is 483 g/mol. The molecule has 0 saturated carbocycles. The Morgan fingerprint density at radius 3 is 1.74 bits per heavy atom. The van der Waals surface area contributed by atoms with Crippen LogP contribution in [0.1, 0.15) is 70.4 Å². The standard InChI is InChI=1S/C30H42O5/c1-6-9-18-33-28-21-24(22-29(34-19-10-7-2)30(28)35-20-11-8-3)14-12-13-15-25-16-17-26(31-4)23-27(25)32-5/h12-17,21-23H,6-11,18-20H2,1-5H3/b14-12+,15-13+. The van der Waals surface area contributed by atoms with Crippen molar-refractivity contribution in [2.75, 3.05) is 34.0 Å². The molecule has 0 aliphatic heterocycles. The van der Waals surface area contributed by atoms with Crippen LogP contribution >= 0.6 is 0 Å². The van der Waals surface area contributed by atoms with Gasteiger partial charge in [-0.2, -0.15) is 0 Å². The topological polar surface area (TPSA) is 46.2 Å². The fourth-order valence-electron chi connectivity index (χ4n) is 3.30. The van der Waals surface area contributed by atoms with Crippen LogP contribution in [0, 0.1) is 0 Å². The Hall–Kier alpha value is -3.08. The number of rotatable bonds is 17. The highest BCUT2D eigenvalue weighted by molar-refractivity contribution is 5.65. The predicted molar refractivity (Wildman–Crippen MR) is 145 cm³/mol. The summed E-state index contributed by atoms with van der Waals surface area (Å²) in [6.45, 7) is 8.42. The monoisotopic (exact) mass is 482 g/mol. The van der Waals surface area contributed by atoms with E-state index in [0.717, 1.165) is 72.6 Å². The molecule has 2 rings (SSSR count). The van der Waals surface area contributed by atoms with Crippen molar-refractivity contribution in [1.82, 2.24) is 0 Å². The summed E-state index contributed by atoms with van der Waals surface area (Å²) < 4.78 is 29.2. The van der Waals surface area contributed by atoms with Gasteiger partial charge in [0.1, 0.15) is 11.5 Å². The number of methoxy groups -OCH3 is 2. The molecule has 0 aliphatic carbocycles. The second-order valence-electron chi connectivity index (χ2n) is 8.28. The van der Waals surface area contributed by atoms with E-state index in [4.69, 9.17) is 23.7 Å². The molecule has 5 nitrogen and oxygen atoms in total. The van der Waals surface area contributed by atoms with Gasteiger partial charge in [0, 0.05) is 11.6 Å². The molecule has 0 bridgehead atoms. The highest BCUT2D eigenvalue weighted by atomic mass is 16.5. The maximum atomic E-state index is 6.14. The third kappa shape index (κ3) is 9.59. The van der Waals surface area contributed by atoms with Gasteiger partial charge in [-0.1, -0.05) is 64.3 Å². The zero-order chi connectivity index (χ0) is 25.3. The molecule has 0 N–H and O–H groups in total. The first-order chi connectivity index (χ1) is 17.2. The van der Waals surface area contributed by atoms with Crippen LogP contribution in [-0.4, -0.2) is 34.0 Å². The largest absolute Gasteiger partial charge is 0.497 e. The van der Waals surface area contributed by atoms with E-state index in [-0.39, 0.29) is 0 Å². The van der Waals surface area contributed by atoms with E-state index < -0.39 is 0 Å².